The molecule has 0 atom stereocenters. The van der Waals surface area contributed by atoms with Gasteiger partial charge < -0.3 is 10.2 Å². The van der Waals surface area contributed by atoms with E-state index < -0.39 is 0 Å². The zero-order valence-electron chi connectivity index (χ0n) is 8.55. The van der Waals surface area contributed by atoms with E-state index in [1.54, 1.807) is 0 Å². The number of hydrogen-bond donors (Lipinski definition) is 1. The summed E-state index contributed by atoms with van der Waals surface area (Å²) in [4.78, 5) is 6.56. The summed E-state index contributed by atoms with van der Waals surface area (Å²) in [7, 11) is 4.24. The molecule has 0 bridgehead atoms. The SMILES string of the molecule is CN(C)CCCCSC1=NCCN1. The van der Waals surface area contributed by atoms with Gasteiger partial charge in [0, 0.05) is 12.3 Å². The largest absolute Gasteiger partial charge is 0.363 e. The van der Waals surface area contributed by atoms with Crippen molar-refractivity contribution >= 4 is 16.9 Å². The van der Waals surface area contributed by atoms with Crippen LogP contribution in [0.2, 0.25) is 0 Å². The third kappa shape index (κ3) is 5.16. The molecule has 0 fully saturated rings. The van der Waals surface area contributed by atoms with Crippen molar-refractivity contribution in [1.29, 1.82) is 0 Å². The monoisotopic (exact) mass is 201 g/mol. The summed E-state index contributed by atoms with van der Waals surface area (Å²) in [5, 5.41) is 4.40. The summed E-state index contributed by atoms with van der Waals surface area (Å²) in [5.74, 6) is 1.19. The Morgan fingerprint density at radius 1 is 1.46 bits per heavy atom. The summed E-state index contributed by atoms with van der Waals surface area (Å²) >= 11 is 1.86. The highest BCUT2D eigenvalue weighted by Gasteiger charge is 2.04. The molecule has 0 aromatic heterocycles. The molecule has 0 radical (unpaired) electrons. The predicted molar refractivity (Wildman–Crippen MR) is 60.6 cm³/mol. The Bertz CT molecular complexity index is 168. The molecule has 13 heavy (non-hydrogen) atoms. The molecule has 1 aliphatic rings. The summed E-state index contributed by atoms with van der Waals surface area (Å²) in [6.07, 6.45) is 2.57. The van der Waals surface area contributed by atoms with Crippen LogP contribution in [-0.2, 0) is 0 Å². The van der Waals surface area contributed by atoms with E-state index in [0.717, 1.165) is 18.3 Å². The number of nitrogens with one attached hydrogen (secondary N) is 1. The van der Waals surface area contributed by atoms with Gasteiger partial charge in [0.05, 0.1) is 6.54 Å². The van der Waals surface area contributed by atoms with Crippen LogP contribution in [0.1, 0.15) is 12.8 Å². The summed E-state index contributed by atoms with van der Waals surface area (Å²) in [5.41, 5.74) is 0. The molecular formula is C9H19N3S. The maximum absolute atomic E-state index is 4.33. The molecule has 0 saturated carbocycles. The highest BCUT2D eigenvalue weighted by molar-refractivity contribution is 8.13. The van der Waals surface area contributed by atoms with Crippen LogP contribution >= 0.6 is 11.8 Å². The van der Waals surface area contributed by atoms with Gasteiger partial charge in [-0.1, -0.05) is 11.8 Å². The van der Waals surface area contributed by atoms with Gasteiger partial charge >= 0.3 is 0 Å². The fraction of sp³-hybridized carbons (Fsp3) is 0.889. The number of rotatable bonds is 5. The highest BCUT2D eigenvalue weighted by Crippen LogP contribution is 2.08. The van der Waals surface area contributed by atoms with Crippen molar-refractivity contribution in [3.63, 3.8) is 0 Å². The van der Waals surface area contributed by atoms with E-state index in [9.17, 15) is 0 Å². The van der Waals surface area contributed by atoms with Gasteiger partial charge in [-0.25, -0.2) is 0 Å². The van der Waals surface area contributed by atoms with Gasteiger partial charge in [-0.2, -0.15) is 0 Å². The van der Waals surface area contributed by atoms with Gasteiger partial charge in [0.2, 0.25) is 0 Å². The van der Waals surface area contributed by atoms with Crippen LogP contribution in [0.5, 0.6) is 0 Å². The van der Waals surface area contributed by atoms with E-state index in [1.807, 2.05) is 11.8 Å². The van der Waals surface area contributed by atoms with Crippen molar-refractivity contribution in [3.8, 4) is 0 Å². The average molecular weight is 201 g/mol. The van der Waals surface area contributed by atoms with Crippen LogP contribution < -0.4 is 5.32 Å². The average Bonchev–Trinajstić information content (AvgIpc) is 2.55. The van der Waals surface area contributed by atoms with Gasteiger partial charge in [-0.15, -0.1) is 0 Å². The lowest BCUT2D eigenvalue weighted by molar-refractivity contribution is 0.399. The number of nitrogens with zero attached hydrogens (tertiary/aromatic N) is 2. The number of unbranched alkanes of at least 4 members (excludes halogenated alkanes) is 1. The van der Waals surface area contributed by atoms with Crippen LogP contribution in [-0.4, -0.2) is 49.6 Å². The summed E-state index contributed by atoms with van der Waals surface area (Å²) in [6.45, 7) is 3.18. The molecule has 1 aliphatic heterocycles. The molecule has 0 saturated heterocycles. The van der Waals surface area contributed by atoms with E-state index in [1.165, 1.54) is 25.1 Å². The fourth-order valence-electron chi connectivity index (χ4n) is 1.17. The van der Waals surface area contributed by atoms with E-state index in [2.05, 4.69) is 29.3 Å². The maximum Gasteiger partial charge on any atom is 0.156 e. The molecule has 0 aliphatic carbocycles. The molecule has 1 rings (SSSR count). The van der Waals surface area contributed by atoms with Crippen LogP contribution in [0.25, 0.3) is 0 Å². The van der Waals surface area contributed by atoms with Crippen LogP contribution in [0.4, 0.5) is 0 Å². The third-order valence-electron chi connectivity index (χ3n) is 1.88. The second kappa shape index (κ2) is 6.27. The lowest BCUT2D eigenvalue weighted by Gasteiger charge is -2.08. The first-order chi connectivity index (χ1) is 6.29. The molecule has 3 nitrogen and oxygen atoms in total. The van der Waals surface area contributed by atoms with Crippen LogP contribution in [0.15, 0.2) is 4.99 Å². The number of hydrogen-bond acceptors (Lipinski definition) is 4. The van der Waals surface area contributed by atoms with Crippen LogP contribution in [0.3, 0.4) is 0 Å². The highest BCUT2D eigenvalue weighted by atomic mass is 32.2. The number of thioether (sulfide) groups is 1. The van der Waals surface area contributed by atoms with E-state index >= 15 is 0 Å². The molecule has 1 N–H and O–H groups in total. The zero-order valence-corrected chi connectivity index (χ0v) is 9.36. The van der Waals surface area contributed by atoms with Crippen molar-refractivity contribution in [2.45, 2.75) is 12.8 Å². The quantitative estimate of drug-likeness (QED) is 0.673. The minimum Gasteiger partial charge on any atom is -0.363 e. The first kappa shape index (κ1) is 10.9. The Morgan fingerprint density at radius 2 is 2.31 bits per heavy atom. The second-order valence-electron chi connectivity index (χ2n) is 3.47. The zero-order chi connectivity index (χ0) is 9.52. The van der Waals surface area contributed by atoms with Gasteiger partial charge in [-0.05, 0) is 33.5 Å². The lowest BCUT2D eigenvalue weighted by atomic mass is 10.3. The molecule has 0 unspecified atom stereocenters. The standard InChI is InChI=1S/C9H19N3S/c1-12(2)7-3-4-8-13-9-10-5-6-11-9/h3-8H2,1-2H3,(H,10,11). The van der Waals surface area contributed by atoms with Gasteiger partial charge in [-0.3, -0.25) is 4.99 Å². The van der Waals surface area contributed by atoms with Crippen molar-refractivity contribution in [3.05, 3.63) is 0 Å². The molecule has 0 amide bonds. The molecule has 1 heterocycles. The minimum atomic E-state index is 0.958. The van der Waals surface area contributed by atoms with Crippen molar-refractivity contribution < 1.29 is 0 Å². The van der Waals surface area contributed by atoms with Gasteiger partial charge in [0.25, 0.3) is 0 Å². The molecular weight excluding hydrogens is 182 g/mol. The smallest absolute Gasteiger partial charge is 0.156 e. The second-order valence-corrected chi connectivity index (χ2v) is 4.56. The Hall–Kier alpha value is -0.220. The predicted octanol–water partition coefficient (Wildman–Crippen LogP) is 1.02. The number of aliphatic imine (C=N–C) groups is 1. The normalized spacial score (nSPS) is 16.1. The molecule has 0 aromatic carbocycles. The first-order valence-corrected chi connectivity index (χ1v) is 5.83. The minimum absolute atomic E-state index is 0.958. The van der Waals surface area contributed by atoms with Crippen molar-refractivity contribution in [1.82, 2.24) is 10.2 Å². The molecule has 0 spiro atoms. The molecule has 4 heteroatoms. The maximum atomic E-state index is 4.33. The van der Waals surface area contributed by atoms with Gasteiger partial charge in [0.1, 0.15) is 0 Å². The Kier molecular flexibility index (Phi) is 5.23. The summed E-state index contributed by atoms with van der Waals surface area (Å²) < 4.78 is 0. The first-order valence-electron chi connectivity index (χ1n) is 4.85. The lowest BCUT2D eigenvalue weighted by Crippen LogP contribution is -2.16. The fourth-order valence-corrected chi connectivity index (χ4v) is 2.10. The number of amidine groups is 1. The van der Waals surface area contributed by atoms with E-state index in [-0.39, 0.29) is 0 Å². The Balaban J connectivity index is 1.89. The van der Waals surface area contributed by atoms with Gasteiger partial charge in [0.15, 0.2) is 5.17 Å². The van der Waals surface area contributed by atoms with E-state index in [4.69, 9.17) is 0 Å². The topological polar surface area (TPSA) is 27.6 Å². The Morgan fingerprint density at radius 3 is 2.92 bits per heavy atom. The Labute approximate surface area is 85.0 Å². The molecule has 0 aromatic rings. The van der Waals surface area contributed by atoms with Crippen molar-refractivity contribution in [2.24, 2.45) is 4.99 Å². The summed E-state index contributed by atoms with van der Waals surface area (Å²) in [6, 6.07) is 0. The van der Waals surface area contributed by atoms with Crippen molar-refractivity contribution in [2.75, 3.05) is 39.5 Å². The third-order valence-corrected chi connectivity index (χ3v) is 2.92. The molecule has 76 valence electrons. The van der Waals surface area contributed by atoms with E-state index in [0.29, 0.717) is 0 Å². The van der Waals surface area contributed by atoms with Crippen LogP contribution in [0, 0.1) is 0 Å².